The first-order chi connectivity index (χ1) is 13.1. The van der Waals surface area contributed by atoms with Gasteiger partial charge in [0.2, 0.25) is 0 Å². The van der Waals surface area contributed by atoms with Crippen molar-refractivity contribution in [1.29, 1.82) is 0 Å². The van der Waals surface area contributed by atoms with Crippen LogP contribution in [-0.2, 0) is 22.2 Å². The average Bonchev–Trinajstić information content (AvgIpc) is 2.65. The lowest BCUT2D eigenvalue weighted by atomic mass is 9.97. The van der Waals surface area contributed by atoms with E-state index in [1.165, 1.54) is 13.0 Å². The Morgan fingerprint density at radius 3 is 2.32 bits per heavy atom. The van der Waals surface area contributed by atoms with E-state index < -0.39 is 29.2 Å². The fourth-order valence-corrected chi connectivity index (χ4v) is 2.46. The summed E-state index contributed by atoms with van der Waals surface area (Å²) in [7, 11) is 0. The smallest absolute Gasteiger partial charge is 0.388 e. The van der Waals surface area contributed by atoms with Gasteiger partial charge < -0.3 is 15.7 Å². The topological polar surface area (TPSA) is 78.4 Å². The van der Waals surface area contributed by atoms with Crippen molar-refractivity contribution in [3.05, 3.63) is 65.7 Å². The molecule has 2 aromatic carbocycles. The highest BCUT2D eigenvalue weighted by Gasteiger charge is 2.30. The lowest BCUT2D eigenvalue weighted by molar-refractivity contribution is -0.137. The predicted octanol–water partition coefficient (Wildman–Crippen LogP) is 3.14. The summed E-state index contributed by atoms with van der Waals surface area (Å²) in [6.45, 7) is 1.36. The van der Waals surface area contributed by atoms with Crippen LogP contribution in [0.1, 0.15) is 24.5 Å². The molecule has 0 aliphatic heterocycles. The zero-order valence-electron chi connectivity index (χ0n) is 15.2. The maximum atomic E-state index is 12.7. The van der Waals surface area contributed by atoms with Crippen LogP contribution in [0, 0.1) is 0 Å². The molecule has 1 unspecified atom stereocenters. The summed E-state index contributed by atoms with van der Waals surface area (Å²) >= 11 is 0. The van der Waals surface area contributed by atoms with Gasteiger partial charge in [0.1, 0.15) is 0 Å². The van der Waals surface area contributed by atoms with Gasteiger partial charge in [0.25, 0.3) is 0 Å². The molecule has 0 saturated carbocycles. The molecule has 0 aliphatic rings. The average molecular weight is 394 g/mol. The van der Waals surface area contributed by atoms with Crippen LogP contribution in [-0.4, -0.2) is 29.1 Å². The van der Waals surface area contributed by atoms with E-state index in [9.17, 15) is 27.9 Å². The van der Waals surface area contributed by atoms with Crippen LogP contribution in [0.15, 0.2) is 54.6 Å². The zero-order valence-corrected chi connectivity index (χ0v) is 15.2. The highest BCUT2D eigenvalue weighted by atomic mass is 19.4. The van der Waals surface area contributed by atoms with E-state index in [0.29, 0.717) is 12.8 Å². The lowest BCUT2D eigenvalue weighted by Gasteiger charge is -2.23. The monoisotopic (exact) mass is 394 g/mol. The molecule has 5 nitrogen and oxygen atoms in total. The van der Waals surface area contributed by atoms with Gasteiger partial charge in [-0.1, -0.05) is 36.4 Å². The van der Waals surface area contributed by atoms with Gasteiger partial charge in [-0.05, 0) is 43.5 Å². The van der Waals surface area contributed by atoms with E-state index in [4.69, 9.17) is 0 Å². The van der Waals surface area contributed by atoms with Gasteiger partial charge in [0.05, 0.1) is 11.2 Å². The summed E-state index contributed by atoms with van der Waals surface area (Å²) in [6.07, 6.45) is -3.62. The Kier molecular flexibility index (Phi) is 6.80. The van der Waals surface area contributed by atoms with Gasteiger partial charge in [0, 0.05) is 12.2 Å². The third kappa shape index (κ3) is 6.70. The molecule has 0 saturated heterocycles. The number of alkyl halides is 3. The number of benzene rings is 2. The van der Waals surface area contributed by atoms with Crippen molar-refractivity contribution in [1.82, 2.24) is 5.32 Å². The van der Waals surface area contributed by atoms with E-state index in [2.05, 4.69) is 10.6 Å². The molecule has 0 aromatic heterocycles. The second-order valence-corrected chi connectivity index (χ2v) is 6.70. The molecule has 28 heavy (non-hydrogen) atoms. The molecule has 2 rings (SSSR count). The quantitative estimate of drug-likeness (QED) is 0.659. The third-order valence-electron chi connectivity index (χ3n) is 4.08. The molecule has 0 spiro atoms. The minimum Gasteiger partial charge on any atom is -0.388 e. The van der Waals surface area contributed by atoms with Gasteiger partial charge in [0.15, 0.2) is 0 Å². The molecule has 2 amide bonds. The first-order valence-electron chi connectivity index (χ1n) is 8.60. The largest absolute Gasteiger partial charge is 0.416 e. The molecule has 0 fully saturated rings. The van der Waals surface area contributed by atoms with Crippen molar-refractivity contribution in [3.8, 4) is 0 Å². The summed E-state index contributed by atoms with van der Waals surface area (Å²) in [5, 5.41) is 14.8. The molecule has 1 atom stereocenters. The number of hydrogen-bond donors (Lipinski definition) is 3. The second kappa shape index (κ2) is 8.88. The third-order valence-corrected chi connectivity index (χ3v) is 4.08. The Bertz CT molecular complexity index is 821. The van der Waals surface area contributed by atoms with Crippen molar-refractivity contribution in [2.75, 3.05) is 11.9 Å². The van der Waals surface area contributed by atoms with Crippen molar-refractivity contribution in [2.45, 2.75) is 31.5 Å². The minimum atomic E-state index is -4.56. The van der Waals surface area contributed by atoms with Crippen LogP contribution in [0.4, 0.5) is 18.9 Å². The number of aryl methyl sites for hydroxylation is 1. The fourth-order valence-electron chi connectivity index (χ4n) is 2.46. The molecular weight excluding hydrogens is 373 g/mol. The number of carbonyl (C=O) groups is 2. The van der Waals surface area contributed by atoms with Gasteiger partial charge in [-0.25, -0.2) is 0 Å². The zero-order chi connectivity index (χ0) is 20.8. The van der Waals surface area contributed by atoms with Crippen LogP contribution in [0.25, 0.3) is 0 Å². The number of halogens is 3. The van der Waals surface area contributed by atoms with Crippen LogP contribution in [0.2, 0.25) is 0 Å². The van der Waals surface area contributed by atoms with Crippen molar-refractivity contribution in [3.63, 3.8) is 0 Å². The summed E-state index contributed by atoms with van der Waals surface area (Å²) in [5.74, 6) is -2.16. The van der Waals surface area contributed by atoms with E-state index in [0.717, 1.165) is 23.8 Å². The van der Waals surface area contributed by atoms with Crippen LogP contribution < -0.4 is 10.6 Å². The molecule has 2 aromatic rings. The number of hydrogen-bond acceptors (Lipinski definition) is 3. The molecule has 0 bridgehead atoms. The maximum Gasteiger partial charge on any atom is 0.416 e. The normalized spacial score (nSPS) is 13.5. The van der Waals surface area contributed by atoms with Crippen LogP contribution in [0.3, 0.4) is 0 Å². The van der Waals surface area contributed by atoms with E-state index in [1.54, 1.807) is 0 Å². The number of rotatable bonds is 6. The molecule has 0 radical (unpaired) electrons. The highest BCUT2D eigenvalue weighted by Crippen LogP contribution is 2.30. The number of nitrogens with one attached hydrogen (secondary N) is 2. The minimum absolute atomic E-state index is 0.147. The Labute approximate surface area is 160 Å². The van der Waals surface area contributed by atoms with Gasteiger partial charge in [-0.3, -0.25) is 9.59 Å². The van der Waals surface area contributed by atoms with E-state index in [-0.39, 0.29) is 12.2 Å². The van der Waals surface area contributed by atoms with E-state index >= 15 is 0 Å². The molecule has 0 heterocycles. The predicted molar refractivity (Wildman–Crippen MR) is 98.5 cm³/mol. The number of anilines is 1. The first-order valence-corrected chi connectivity index (χ1v) is 8.60. The molecule has 0 aliphatic carbocycles. The Morgan fingerprint density at radius 2 is 1.68 bits per heavy atom. The van der Waals surface area contributed by atoms with Gasteiger partial charge in [-0.15, -0.1) is 0 Å². The van der Waals surface area contributed by atoms with Crippen molar-refractivity contribution >= 4 is 17.5 Å². The summed E-state index contributed by atoms with van der Waals surface area (Å²) in [4.78, 5) is 23.8. The van der Waals surface area contributed by atoms with Gasteiger partial charge >= 0.3 is 18.0 Å². The van der Waals surface area contributed by atoms with E-state index in [1.807, 2.05) is 30.3 Å². The molecular formula is C20H21F3N2O3. The Hall–Kier alpha value is -2.87. The van der Waals surface area contributed by atoms with Crippen LogP contribution in [0.5, 0.6) is 0 Å². The molecule has 150 valence electrons. The van der Waals surface area contributed by atoms with Crippen molar-refractivity contribution < 1.29 is 27.9 Å². The number of carbonyl (C=O) groups excluding carboxylic acids is 2. The Morgan fingerprint density at radius 1 is 1.00 bits per heavy atom. The summed E-state index contributed by atoms with van der Waals surface area (Å²) < 4.78 is 38.1. The van der Waals surface area contributed by atoms with Gasteiger partial charge in [-0.2, -0.15) is 13.2 Å². The van der Waals surface area contributed by atoms with Crippen LogP contribution >= 0.6 is 0 Å². The standard InChI is InChI=1S/C20H21F3N2O3/c1-19(28,11-10-14-6-3-2-4-7-14)13-24-17(26)18(27)25-16-9-5-8-15(12-16)20(21,22)23/h2-9,12,28H,10-11,13H2,1H3,(H,24,26)(H,25,27). The fraction of sp³-hybridized carbons (Fsp3) is 0.300. The van der Waals surface area contributed by atoms with Crippen molar-refractivity contribution in [2.24, 2.45) is 0 Å². The highest BCUT2D eigenvalue weighted by molar-refractivity contribution is 6.39. The molecule has 8 heteroatoms. The lowest BCUT2D eigenvalue weighted by Crippen LogP contribution is -2.44. The number of aliphatic hydroxyl groups is 1. The second-order valence-electron chi connectivity index (χ2n) is 6.70. The SMILES string of the molecule is CC(O)(CCc1ccccc1)CNC(=O)C(=O)Nc1cccc(C(F)(F)F)c1. The molecule has 3 N–H and O–H groups in total. The summed E-state index contributed by atoms with van der Waals surface area (Å²) in [6, 6.07) is 13.4. The maximum absolute atomic E-state index is 12.7. The summed E-state index contributed by atoms with van der Waals surface area (Å²) in [5.41, 5.74) is -1.31. The Balaban J connectivity index is 1.85. The number of amides is 2. The first kappa shape index (κ1) is 21.4.